The van der Waals surface area contributed by atoms with Crippen molar-refractivity contribution >= 4 is 33.2 Å². The molecule has 0 bridgehead atoms. The van der Waals surface area contributed by atoms with Crippen molar-refractivity contribution in [3.05, 3.63) is 27.4 Å². The van der Waals surface area contributed by atoms with E-state index in [1.807, 2.05) is 4.90 Å². The van der Waals surface area contributed by atoms with Gasteiger partial charge in [0.25, 0.3) is 0 Å². The highest BCUT2D eigenvalue weighted by Gasteiger charge is 2.24. The zero-order valence-corrected chi connectivity index (χ0v) is 11.1. The summed E-state index contributed by atoms with van der Waals surface area (Å²) in [6, 6.07) is 3.53. The van der Waals surface area contributed by atoms with Crippen LogP contribution >= 0.6 is 27.5 Å². The molecule has 88 valence electrons. The van der Waals surface area contributed by atoms with E-state index in [4.69, 9.17) is 17.3 Å². The Hall–Kier alpha value is -0.320. The van der Waals surface area contributed by atoms with E-state index in [9.17, 15) is 4.39 Å². The maximum atomic E-state index is 13.9. The Bertz CT molecular complexity index is 400. The standard InChI is InChI=1S/C11H13BrClFN2/c12-8-1-2-9(11(14)10(8)13)16-4-3-7(5-15)6-16/h1-2,7H,3-6,15H2. The first kappa shape index (κ1) is 12.1. The van der Waals surface area contributed by atoms with Gasteiger partial charge in [0.05, 0.1) is 10.7 Å². The number of hydrogen-bond donors (Lipinski definition) is 1. The Labute approximate surface area is 108 Å². The zero-order chi connectivity index (χ0) is 11.7. The van der Waals surface area contributed by atoms with Gasteiger partial charge in [-0.25, -0.2) is 4.39 Å². The van der Waals surface area contributed by atoms with E-state index in [0.717, 1.165) is 19.5 Å². The average molecular weight is 308 g/mol. The molecule has 1 aromatic rings. The molecule has 1 saturated heterocycles. The van der Waals surface area contributed by atoms with Crippen molar-refractivity contribution in [2.75, 3.05) is 24.5 Å². The minimum atomic E-state index is -0.353. The number of hydrogen-bond acceptors (Lipinski definition) is 2. The quantitative estimate of drug-likeness (QED) is 0.851. The van der Waals surface area contributed by atoms with Crippen LogP contribution in [-0.4, -0.2) is 19.6 Å². The van der Waals surface area contributed by atoms with Crippen LogP contribution in [0.4, 0.5) is 10.1 Å². The maximum Gasteiger partial charge on any atom is 0.166 e. The molecule has 1 atom stereocenters. The third-order valence-corrected chi connectivity index (χ3v) is 4.23. The molecule has 1 fully saturated rings. The van der Waals surface area contributed by atoms with Crippen molar-refractivity contribution in [3.8, 4) is 0 Å². The zero-order valence-electron chi connectivity index (χ0n) is 8.72. The molecule has 1 aliphatic heterocycles. The molecule has 2 nitrogen and oxygen atoms in total. The van der Waals surface area contributed by atoms with Crippen LogP contribution in [0.15, 0.2) is 16.6 Å². The number of nitrogens with two attached hydrogens (primary N) is 1. The third kappa shape index (κ3) is 2.19. The topological polar surface area (TPSA) is 29.3 Å². The van der Waals surface area contributed by atoms with Gasteiger partial charge in [0.15, 0.2) is 5.82 Å². The van der Waals surface area contributed by atoms with Crippen LogP contribution in [-0.2, 0) is 0 Å². The summed E-state index contributed by atoms with van der Waals surface area (Å²) in [5.74, 6) is 0.107. The molecule has 0 aliphatic carbocycles. The van der Waals surface area contributed by atoms with Gasteiger partial charge in [-0.3, -0.25) is 0 Å². The molecule has 1 aliphatic rings. The molecule has 2 rings (SSSR count). The summed E-state index contributed by atoms with van der Waals surface area (Å²) in [6.07, 6.45) is 1.02. The third-order valence-electron chi connectivity index (χ3n) is 2.97. The first-order chi connectivity index (χ1) is 7.63. The highest BCUT2D eigenvalue weighted by Crippen LogP contribution is 2.34. The molecule has 1 heterocycles. The molecule has 2 N–H and O–H groups in total. The van der Waals surface area contributed by atoms with Crippen molar-refractivity contribution in [1.82, 2.24) is 0 Å². The van der Waals surface area contributed by atoms with Crippen LogP contribution in [0.3, 0.4) is 0 Å². The van der Waals surface area contributed by atoms with Crippen LogP contribution in [0.5, 0.6) is 0 Å². The lowest BCUT2D eigenvalue weighted by atomic mass is 10.1. The molecule has 0 amide bonds. The number of nitrogens with zero attached hydrogens (tertiary/aromatic N) is 1. The summed E-state index contributed by atoms with van der Waals surface area (Å²) in [5, 5.41) is 0.147. The molecule has 1 unspecified atom stereocenters. The van der Waals surface area contributed by atoms with Crippen molar-refractivity contribution in [1.29, 1.82) is 0 Å². The Balaban J connectivity index is 2.25. The lowest BCUT2D eigenvalue weighted by molar-refractivity contribution is 0.597. The van der Waals surface area contributed by atoms with Crippen LogP contribution < -0.4 is 10.6 Å². The van der Waals surface area contributed by atoms with Crippen molar-refractivity contribution in [2.45, 2.75) is 6.42 Å². The van der Waals surface area contributed by atoms with Crippen LogP contribution in [0.25, 0.3) is 0 Å². The van der Waals surface area contributed by atoms with E-state index in [-0.39, 0.29) is 10.8 Å². The van der Waals surface area contributed by atoms with Gasteiger partial charge in [0, 0.05) is 17.6 Å². The minimum Gasteiger partial charge on any atom is -0.369 e. The molecule has 0 spiro atoms. The highest BCUT2D eigenvalue weighted by atomic mass is 79.9. The predicted octanol–water partition coefficient (Wildman–Crippen LogP) is 3.03. The fraction of sp³-hybridized carbons (Fsp3) is 0.455. The number of rotatable bonds is 2. The largest absolute Gasteiger partial charge is 0.369 e. The van der Waals surface area contributed by atoms with E-state index in [0.29, 0.717) is 22.6 Å². The number of halogens is 3. The second kappa shape index (κ2) is 4.90. The summed E-state index contributed by atoms with van der Waals surface area (Å²) < 4.78 is 14.5. The molecule has 5 heteroatoms. The average Bonchev–Trinajstić information content (AvgIpc) is 2.74. The predicted molar refractivity (Wildman–Crippen MR) is 68.5 cm³/mol. The second-order valence-corrected chi connectivity index (χ2v) is 5.26. The molecule has 0 saturated carbocycles. The Kier molecular flexibility index (Phi) is 3.72. The summed E-state index contributed by atoms with van der Waals surface area (Å²) in [6.45, 7) is 2.31. The normalized spacial score (nSPS) is 20.5. The molecular weight excluding hydrogens is 294 g/mol. The van der Waals surface area contributed by atoms with Gasteiger partial charge in [-0.2, -0.15) is 0 Å². The lowest BCUT2D eigenvalue weighted by Crippen LogP contribution is -2.23. The van der Waals surface area contributed by atoms with Crippen LogP contribution in [0, 0.1) is 11.7 Å². The Morgan fingerprint density at radius 2 is 2.31 bits per heavy atom. The Morgan fingerprint density at radius 3 is 2.94 bits per heavy atom. The van der Waals surface area contributed by atoms with Gasteiger partial charge < -0.3 is 10.6 Å². The molecule has 16 heavy (non-hydrogen) atoms. The Morgan fingerprint density at radius 1 is 1.56 bits per heavy atom. The van der Waals surface area contributed by atoms with Crippen molar-refractivity contribution in [2.24, 2.45) is 11.7 Å². The monoisotopic (exact) mass is 306 g/mol. The number of benzene rings is 1. The maximum absolute atomic E-state index is 13.9. The molecule has 1 aromatic carbocycles. The van der Waals surface area contributed by atoms with E-state index >= 15 is 0 Å². The van der Waals surface area contributed by atoms with Gasteiger partial charge in [0.2, 0.25) is 0 Å². The van der Waals surface area contributed by atoms with Gasteiger partial charge in [-0.05, 0) is 46.9 Å². The van der Waals surface area contributed by atoms with Crippen LogP contribution in [0.2, 0.25) is 5.02 Å². The SMILES string of the molecule is NCC1CCN(c2ccc(Br)c(Cl)c2F)C1. The summed E-state index contributed by atoms with van der Waals surface area (Å²) in [7, 11) is 0. The van der Waals surface area contributed by atoms with E-state index in [1.165, 1.54) is 0 Å². The van der Waals surface area contributed by atoms with E-state index in [1.54, 1.807) is 12.1 Å². The fourth-order valence-corrected chi connectivity index (χ4v) is 2.47. The summed E-state index contributed by atoms with van der Waals surface area (Å²) in [5.41, 5.74) is 6.19. The van der Waals surface area contributed by atoms with Gasteiger partial charge in [0.1, 0.15) is 0 Å². The van der Waals surface area contributed by atoms with Gasteiger partial charge >= 0.3 is 0 Å². The summed E-state index contributed by atoms with van der Waals surface area (Å²) in [4.78, 5) is 2.01. The molecule has 0 aromatic heterocycles. The van der Waals surface area contributed by atoms with Gasteiger partial charge in [-0.1, -0.05) is 11.6 Å². The van der Waals surface area contributed by atoms with Crippen molar-refractivity contribution in [3.63, 3.8) is 0 Å². The van der Waals surface area contributed by atoms with Crippen molar-refractivity contribution < 1.29 is 4.39 Å². The minimum absolute atomic E-state index is 0.147. The van der Waals surface area contributed by atoms with E-state index in [2.05, 4.69) is 15.9 Å². The molecular formula is C11H13BrClFN2. The van der Waals surface area contributed by atoms with Crippen LogP contribution in [0.1, 0.15) is 6.42 Å². The first-order valence-corrected chi connectivity index (χ1v) is 6.39. The lowest BCUT2D eigenvalue weighted by Gasteiger charge is -2.20. The number of anilines is 1. The second-order valence-electron chi connectivity index (χ2n) is 4.03. The highest BCUT2D eigenvalue weighted by molar-refractivity contribution is 9.10. The fourth-order valence-electron chi connectivity index (χ4n) is 2.00. The van der Waals surface area contributed by atoms with Gasteiger partial charge in [-0.15, -0.1) is 0 Å². The smallest absolute Gasteiger partial charge is 0.166 e. The first-order valence-electron chi connectivity index (χ1n) is 5.22. The molecule has 0 radical (unpaired) electrons. The van der Waals surface area contributed by atoms with E-state index < -0.39 is 0 Å². The summed E-state index contributed by atoms with van der Waals surface area (Å²) >= 11 is 9.06.